The number of rotatable bonds is 6. The summed E-state index contributed by atoms with van der Waals surface area (Å²) in [7, 11) is 0. The van der Waals surface area contributed by atoms with Crippen LogP contribution in [0.1, 0.15) is 19.6 Å². The van der Waals surface area contributed by atoms with E-state index in [0.717, 1.165) is 4.57 Å². The van der Waals surface area contributed by atoms with Crippen molar-refractivity contribution in [2.75, 3.05) is 6.61 Å². The van der Waals surface area contributed by atoms with Gasteiger partial charge < -0.3 is 14.0 Å². The van der Waals surface area contributed by atoms with E-state index in [1.165, 1.54) is 43.5 Å². The van der Waals surface area contributed by atoms with Crippen molar-refractivity contribution in [2.45, 2.75) is 31.7 Å². The molecule has 0 spiro atoms. The van der Waals surface area contributed by atoms with Crippen molar-refractivity contribution in [2.24, 2.45) is 5.11 Å². The number of hydrogen-bond donors (Lipinski definition) is 1. The van der Waals surface area contributed by atoms with E-state index in [0.29, 0.717) is 11.3 Å². The third kappa shape index (κ3) is 4.68. The molecule has 3 aromatic rings. The summed E-state index contributed by atoms with van der Waals surface area (Å²) >= 11 is 0. The monoisotopic (exact) mass is 456 g/mol. The van der Waals surface area contributed by atoms with E-state index in [2.05, 4.69) is 20.2 Å². The molecule has 0 aliphatic carbocycles. The summed E-state index contributed by atoms with van der Waals surface area (Å²) in [5, 5.41) is 7.54. The van der Waals surface area contributed by atoms with E-state index in [-0.39, 0.29) is 24.3 Å². The molecule has 2 aromatic heterocycles. The van der Waals surface area contributed by atoms with E-state index in [9.17, 15) is 18.8 Å². The Morgan fingerprint density at radius 1 is 1.39 bits per heavy atom. The predicted octanol–water partition coefficient (Wildman–Crippen LogP) is 2.53. The van der Waals surface area contributed by atoms with E-state index in [1.54, 1.807) is 0 Å². The standard InChI is InChI=1S/C20H17FN6O6/c1-10(28)31-9-17-15(24-26-22)7-18(32-17)27-8-13(19(29)23-20(27)30)14-6-16(33-25-14)11-2-4-12(21)5-3-11/h2-6,8,15,17-18H,7,9H2,1H3,(H,23,29,30)/t15?,17-,18-/m1/s1. The first-order chi connectivity index (χ1) is 15.9. The van der Waals surface area contributed by atoms with Crippen LogP contribution in [0.15, 0.2) is 55.8 Å². The minimum Gasteiger partial charge on any atom is -0.463 e. The summed E-state index contributed by atoms with van der Waals surface area (Å²) in [6, 6.07) is 6.29. The summed E-state index contributed by atoms with van der Waals surface area (Å²) in [5.41, 5.74) is 8.09. The lowest BCUT2D eigenvalue weighted by Gasteiger charge is -2.16. The highest BCUT2D eigenvalue weighted by Crippen LogP contribution is 2.31. The molecule has 1 aliphatic rings. The van der Waals surface area contributed by atoms with Crippen molar-refractivity contribution in [3.05, 3.63) is 73.6 Å². The number of halogens is 1. The highest BCUT2D eigenvalue weighted by molar-refractivity contribution is 5.66. The molecule has 1 unspecified atom stereocenters. The lowest BCUT2D eigenvalue weighted by Crippen LogP contribution is -2.33. The predicted molar refractivity (Wildman–Crippen MR) is 110 cm³/mol. The number of esters is 1. The first kappa shape index (κ1) is 22.0. The fraction of sp³-hybridized carbons (Fsp3) is 0.300. The molecule has 1 aliphatic heterocycles. The van der Waals surface area contributed by atoms with E-state index >= 15 is 0 Å². The maximum absolute atomic E-state index is 13.2. The molecule has 1 fully saturated rings. The van der Waals surface area contributed by atoms with Crippen molar-refractivity contribution in [3.8, 4) is 22.6 Å². The minimum atomic E-state index is -0.896. The zero-order valence-electron chi connectivity index (χ0n) is 17.2. The Morgan fingerprint density at radius 2 is 2.15 bits per heavy atom. The molecule has 3 atom stereocenters. The number of H-pyrrole nitrogens is 1. The van der Waals surface area contributed by atoms with Gasteiger partial charge in [0.1, 0.15) is 30.4 Å². The van der Waals surface area contributed by atoms with Crippen LogP contribution in [0, 0.1) is 5.82 Å². The molecule has 170 valence electrons. The van der Waals surface area contributed by atoms with Gasteiger partial charge in [-0.2, -0.15) is 0 Å². The summed E-state index contributed by atoms with van der Waals surface area (Å²) in [6.45, 7) is 1.07. The smallest absolute Gasteiger partial charge is 0.330 e. The van der Waals surface area contributed by atoms with Gasteiger partial charge in [-0.15, -0.1) is 0 Å². The number of aromatic nitrogens is 3. The molecule has 0 bridgehead atoms. The Bertz CT molecular complexity index is 1340. The minimum absolute atomic E-state index is 0.0269. The highest BCUT2D eigenvalue weighted by atomic mass is 19.1. The van der Waals surface area contributed by atoms with Gasteiger partial charge in [0.2, 0.25) is 0 Å². The molecule has 3 heterocycles. The topological polar surface area (TPSA) is 165 Å². The molecule has 33 heavy (non-hydrogen) atoms. The molecule has 1 saturated heterocycles. The molecule has 0 saturated carbocycles. The molecular formula is C20H17FN6O6. The third-order valence-electron chi connectivity index (χ3n) is 5.05. The second-order valence-corrected chi connectivity index (χ2v) is 7.23. The Kier molecular flexibility index (Phi) is 6.07. The average molecular weight is 456 g/mol. The first-order valence-corrected chi connectivity index (χ1v) is 9.77. The number of carbonyl (C=O) groups is 1. The van der Waals surface area contributed by atoms with Crippen LogP contribution in [0.4, 0.5) is 4.39 Å². The van der Waals surface area contributed by atoms with E-state index in [1.807, 2.05) is 0 Å². The van der Waals surface area contributed by atoms with Crippen LogP contribution in [0.3, 0.4) is 0 Å². The van der Waals surface area contributed by atoms with Gasteiger partial charge in [0.05, 0.1) is 11.6 Å². The fourth-order valence-electron chi connectivity index (χ4n) is 3.46. The number of azide groups is 1. The van der Waals surface area contributed by atoms with Crippen LogP contribution < -0.4 is 11.2 Å². The van der Waals surface area contributed by atoms with Gasteiger partial charge in [-0.25, -0.2) is 9.18 Å². The summed E-state index contributed by atoms with van der Waals surface area (Å²) in [4.78, 5) is 41.0. The van der Waals surface area contributed by atoms with Gasteiger partial charge in [-0.1, -0.05) is 10.3 Å². The van der Waals surface area contributed by atoms with Gasteiger partial charge in [0, 0.05) is 36.1 Å². The molecule has 12 nitrogen and oxygen atoms in total. The number of nitrogens with zero attached hydrogens (tertiary/aromatic N) is 5. The van der Waals surface area contributed by atoms with Gasteiger partial charge in [-0.3, -0.25) is 19.1 Å². The van der Waals surface area contributed by atoms with Crippen LogP contribution >= 0.6 is 0 Å². The van der Waals surface area contributed by atoms with E-state index < -0.39 is 41.4 Å². The summed E-state index contributed by atoms with van der Waals surface area (Å²) in [5.74, 6) is -0.651. The van der Waals surface area contributed by atoms with Crippen LogP contribution in [-0.4, -0.2) is 39.4 Å². The van der Waals surface area contributed by atoms with Crippen molar-refractivity contribution in [1.82, 2.24) is 14.7 Å². The quantitative estimate of drug-likeness (QED) is 0.257. The Labute approximate surface area is 184 Å². The largest absolute Gasteiger partial charge is 0.463 e. The van der Waals surface area contributed by atoms with Gasteiger partial charge >= 0.3 is 11.7 Å². The van der Waals surface area contributed by atoms with Crippen molar-refractivity contribution in [3.63, 3.8) is 0 Å². The van der Waals surface area contributed by atoms with Crippen LogP contribution in [0.2, 0.25) is 0 Å². The molecule has 1 aromatic carbocycles. The first-order valence-electron chi connectivity index (χ1n) is 9.77. The van der Waals surface area contributed by atoms with Crippen LogP contribution in [0.5, 0.6) is 0 Å². The second-order valence-electron chi connectivity index (χ2n) is 7.23. The highest BCUT2D eigenvalue weighted by Gasteiger charge is 2.37. The van der Waals surface area contributed by atoms with Gasteiger partial charge in [0.25, 0.3) is 5.56 Å². The fourth-order valence-corrected chi connectivity index (χ4v) is 3.46. The number of ether oxygens (including phenoxy) is 2. The molecule has 4 rings (SSSR count). The van der Waals surface area contributed by atoms with E-state index in [4.69, 9.17) is 19.5 Å². The molecule has 13 heteroatoms. The Morgan fingerprint density at radius 3 is 2.85 bits per heavy atom. The molecule has 0 amide bonds. The van der Waals surface area contributed by atoms with Crippen molar-refractivity contribution < 1.29 is 23.2 Å². The van der Waals surface area contributed by atoms with Crippen molar-refractivity contribution >= 4 is 5.97 Å². The maximum atomic E-state index is 13.2. The second kappa shape index (κ2) is 9.10. The number of nitrogens with one attached hydrogen (secondary N) is 1. The van der Waals surface area contributed by atoms with Crippen molar-refractivity contribution in [1.29, 1.82) is 0 Å². The maximum Gasteiger partial charge on any atom is 0.330 e. The van der Waals surface area contributed by atoms with Crippen LogP contribution in [-0.2, 0) is 14.3 Å². The number of benzene rings is 1. The Balaban J connectivity index is 1.65. The lowest BCUT2D eigenvalue weighted by molar-refractivity contribution is -0.146. The Hall–Kier alpha value is -4.22. The van der Waals surface area contributed by atoms with Gasteiger partial charge in [-0.05, 0) is 29.8 Å². The SMILES string of the molecule is CC(=O)OC[C@H]1O[C@@H](n2cc(-c3cc(-c4ccc(F)cc4)on3)c(=O)[nH]c2=O)CC1N=[N+]=[N-]. The molecular weight excluding hydrogens is 439 g/mol. The zero-order valence-corrected chi connectivity index (χ0v) is 17.2. The summed E-state index contributed by atoms with van der Waals surface area (Å²) in [6.07, 6.45) is -0.289. The number of hydrogen-bond acceptors (Lipinski definition) is 8. The normalized spacial score (nSPS) is 19.8. The molecule has 1 N–H and O–H groups in total. The zero-order chi connectivity index (χ0) is 23.5. The number of carbonyl (C=O) groups excluding carboxylic acids is 1. The van der Waals surface area contributed by atoms with Crippen LogP contribution in [0.25, 0.3) is 33.0 Å². The van der Waals surface area contributed by atoms with Gasteiger partial charge in [0.15, 0.2) is 5.76 Å². The summed E-state index contributed by atoms with van der Waals surface area (Å²) < 4.78 is 30.3. The number of aromatic amines is 1. The lowest BCUT2D eigenvalue weighted by atomic mass is 10.1. The molecule has 0 radical (unpaired) electrons. The average Bonchev–Trinajstić information content (AvgIpc) is 3.41. The third-order valence-corrected chi connectivity index (χ3v) is 5.05.